The monoisotopic (exact) mass is 185 g/mol. The normalized spacial score (nSPS) is 35.2. The molecule has 1 atom stereocenters. The molecule has 1 aliphatic carbocycles. The molecule has 0 heterocycles. The van der Waals surface area contributed by atoms with Crippen LogP contribution < -0.4 is 0 Å². The van der Waals surface area contributed by atoms with Gasteiger partial charge in [-0.05, 0) is 31.1 Å². The van der Waals surface area contributed by atoms with Crippen LogP contribution in [0.15, 0.2) is 0 Å². The molecule has 1 fully saturated rings. The fourth-order valence-corrected chi connectivity index (χ4v) is 1.97. The van der Waals surface area contributed by atoms with Gasteiger partial charge in [0, 0.05) is 0 Å². The maximum Gasteiger partial charge on any atom is 0.131 e. The van der Waals surface area contributed by atoms with Crippen molar-refractivity contribution in [1.82, 2.24) is 0 Å². The molecule has 0 amide bonds. The van der Waals surface area contributed by atoms with Gasteiger partial charge in [0.2, 0.25) is 0 Å². The average Bonchev–Trinajstić information content (AvgIpc) is 2.13. The Morgan fingerprint density at radius 3 is 2.42 bits per heavy atom. The summed E-state index contributed by atoms with van der Waals surface area (Å²) in [5.41, 5.74) is 0.382. The molecule has 12 heavy (non-hydrogen) atoms. The number of nitriles is 1. The molecule has 0 saturated heterocycles. The van der Waals surface area contributed by atoms with Crippen LogP contribution in [0, 0.1) is 16.7 Å². The third kappa shape index (κ3) is 2.38. The van der Waals surface area contributed by atoms with Gasteiger partial charge in [-0.25, -0.2) is 0 Å². The second-order valence-corrected chi connectivity index (χ2v) is 5.32. The minimum absolute atomic E-state index is 0.382. The lowest BCUT2D eigenvalue weighted by atomic mass is 9.85. The first-order valence-electron chi connectivity index (χ1n) is 4.58. The summed E-state index contributed by atoms with van der Waals surface area (Å²) >= 11 is 6.13. The molecule has 1 unspecified atom stereocenters. The minimum Gasteiger partial charge on any atom is -0.196 e. The van der Waals surface area contributed by atoms with Crippen molar-refractivity contribution in [3.05, 3.63) is 0 Å². The van der Waals surface area contributed by atoms with Gasteiger partial charge in [-0.15, -0.1) is 11.6 Å². The largest absolute Gasteiger partial charge is 0.196 e. The molecule has 0 aromatic rings. The molecule has 1 rings (SSSR count). The molecule has 1 aliphatic rings. The van der Waals surface area contributed by atoms with E-state index in [1.165, 1.54) is 6.42 Å². The Morgan fingerprint density at radius 2 is 1.83 bits per heavy atom. The van der Waals surface area contributed by atoms with Crippen LogP contribution in [0.3, 0.4) is 0 Å². The third-order valence-corrected chi connectivity index (χ3v) is 3.29. The second-order valence-electron chi connectivity index (χ2n) is 4.59. The van der Waals surface area contributed by atoms with Crippen LogP contribution in [0.4, 0.5) is 0 Å². The maximum absolute atomic E-state index is 8.86. The SMILES string of the molecule is CC1(C)CCCC(Cl)(C#N)CC1. The van der Waals surface area contributed by atoms with Crippen molar-refractivity contribution in [2.75, 3.05) is 0 Å². The quantitative estimate of drug-likeness (QED) is 0.419. The van der Waals surface area contributed by atoms with Gasteiger partial charge >= 0.3 is 0 Å². The van der Waals surface area contributed by atoms with E-state index >= 15 is 0 Å². The molecule has 0 aliphatic heterocycles. The van der Waals surface area contributed by atoms with Gasteiger partial charge in [0.25, 0.3) is 0 Å². The average molecular weight is 186 g/mol. The fourth-order valence-electron chi connectivity index (χ4n) is 1.75. The van der Waals surface area contributed by atoms with Crippen molar-refractivity contribution in [3.63, 3.8) is 0 Å². The number of alkyl halides is 1. The van der Waals surface area contributed by atoms with E-state index in [0.29, 0.717) is 5.41 Å². The molecule has 0 bridgehead atoms. The number of halogens is 1. The predicted molar refractivity (Wildman–Crippen MR) is 51.1 cm³/mol. The summed E-state index contributed by atoms with van der Waals surface area (Å²) in [6, 6.07) is 2.22. The van der Waals surface area contributed by atoms with Crippen molar-refractivity contribution in [2.45, 2.75) is 50.8 Å². The lowest BCUT2D eigenvalue weighted by Gasteiger charge is -2.22. The Bertz CT molecular complexity index is 204. The number of hydrogen-bond donors (Lipinski definition) is 0. The minimum atomic E-state index is -0.562. The summed E-state index contributed by atoms with van der Waals surface area (Å²) in [6.45, 7) is 4.51. The molecule has 0 aromatic heterocycles. The highest BCUT2D eigenvalue weighted by Gasteiger charge is 2.33. The number of hydrogen-bond acceptors (Lipinski definition) is 1. The van der Waals surface area contributed by atoms with E-state index in [9.17, 15) is 0 Å². The van der Waals surface area contributed by atoms with Gasteiger partial charge in [-0.2, -0.15) is 5.26 Å². The fraction of sp³-hybridized carbons (Fsp3) is 0.900. The topological polar surface area (TPSA) is 23.8 Å². The van der Waals surface area contributed by atoms with Gasteiger partial charge in [0.1, 0.15) is 4.87 Å². The summed E-state index contributed by atoms with van der Waals surface area (Å²) in [7, 11) is 0. The highest BCUT2D eigenvalue weighted by Crippen LogP contribution is 2.40. The van der Waals surface area contributed by atoms with Crippen molar-refractivity contribution in [1.29, 1.82) is 5.26 Å². The molecular formula is C10H16ClN. The van der Waals surface area contributed by atoms with Crippen LogP contribution in [0.2, 0.25) is 0 Å². The van der Waals surface area contributed by atoms with E-state index in [4.69, 9.17) is 16.9 Å². The van der Waals surface area contributed by atoms with Crippen molar-refractivity contribution >= 4 is 11.6 Å². The molecule has 2 heteroatoms. The van der Waals surface area contributed by atoms with Crippen LogP contribution in [0.5, 0.6) is 0 Å². The first kappa shape index (κ1) is 9.86. The zero-order valence-corrected chi connectivity index (χ0v) is 8.62. The van der Waals surface area contributed by atoms with E-state index in [0.717, 1.165) is 25.7 Å². The van der Waals surface area contributed by atoms with Gasteiger partial charge in [0.15, 0.2) is 0 Å². The third-order valence-electron chi connectivity index (χ3n) is 2.83. The molecule has 68 valence electrons. The standard InChI is InChI=1S/C10H16ClN/c1-9(2)4-3-5-10(11,8-12)7-6-9/h3-7H2,1-2H3. The first-order valence-corrected chi connectivity index (χ1v) is 4.95. The summed E-state index contributed by atoms with van der Waals surface area (Å²) < 4.78 is 0. The summed E-state index contributed by atoms with van der Waals surface area (Å²) in [5, 5.41) is 8.86. The molecule has 0 radical (unpaired) electrons. The van der Waals surface area contributed by atoms with Gasteiger partial charge < -0.3 is 0 Å². The maximum atomic E-state index is 8.86. The highest BCUT2D eigenvalue weighted by atomic mass is 35.5. The van der Waals surface area contributed by atoms with Gasteiger partial charge in [0.05, 0.1) is 6.07 Å². The smallest absolute Gasteiger partial charge is 0.131 e. The van der Waals surface area contributed by atoms with E-state index in [-0.39, 0.29) is 0 Å². The van der Waals surface area contributed by atoms with E-state index in [1.54, 1.807) is 0 Å². The van der Waals surface area contributed by atoms with Crippen LogP contribution in [0.25, 0.3) is 0 Å². The van der Waals surface area contributed by atoms with Gasteiger partial charge in [-0.1, -0.05) is 20.3 Å². The zero-order valence-electron chi connectivity index (χ0n) is 7.86. The number of rotatable bonds is 0. The highest BCUT2D eigenvalue weighted by molar-refractivity contribution is 6.25. The van der Waals surface area contributed by atoms with Crippen LogP contribution in [0.1, 0.15) is 46.0 Å². The summed E-state index contributed by atoms with van der Waals surface area (Å²) in [6.07, 6.45) is 5.06. The molecule has 0 N–H and O–H groups in total. The number of nitrogens with zero attached hydrogens (tertiary/aromatic N) is 1. The van der Waals surface area contributed by atoms with Crippen molar-refractivity contribution in [2.24, 2.45) is 5.41 Å². The predicted octanol–water partition coefficient (Wildman–Crippen LogP) is 3.48. The first-order chi connectivity index (χ1) is 5.47. The van der Waals surface area contributed by atoms with Crippen molar-refractivity contribution in [3.8, 4) is 6.07 Å². The molecule has 1 saturated carbocycles. The van der Waals surface area contributed by atoms with Gasteiger partial charge in [-0.3, -0.25) is 0 Å². The van der Waals surface area contributed by atoms with Crippen LogP contribution >= 0.6 is 11.6 Å². The Labute approximate surface area is 79.7 Å². The van der Waals surface area contributed by atoms with Crippen LogP contribution in [-0.2, 0) is 0 Å². The Balaban J connectivity index is 2.63. The summed E-state index contributed by atoms with van der Waals surface area (Å²) in [4.78, 5) is -0.562. The van der Waals surface area contributed by atoms with E-state index in [2.05, 4.69) is 19.9 Å². The Hall–Kier alpha value is -0.220. The van der Waals surface area contributed by atoms with E-state index in [1.807, 2.05) is 0 Å². The lowest BCUT2D eigenvalue weighted by Crippen LogP contribution is -2.18. The zero-order chi connectivity index (χ0) is 9.24. The Morgan fingerprint density at radius 1 is 1.17 bits per heavy atom. The van der Waals surface area contributed by atoms with Crippen molar-refractivity contribution < 1.29 is 0 Å². The molecule has 1 nitrogen and oxygen atoms in total. The van der Waals surface area contributed by atoms with E-state index < -0.39 is 4.87 Å². The Kier molecular flexibility index (Phi) is 2.68. The molecule has 0 aromatic carbocycles. The second kappa shape index (κ2) is 3.26. The molecular weight excluding hydrogens is 170 g/mol. The molecule has 0 spiro atoms. The lowest BCUT2D eigenvalue weighted by molar-refractivity contribution is 0.313. The summed E-state index contributed by atoms with van der Waals surface area (Å²) in [5.74, 6) is 0. The van der Waals surface area contributed by atoms with Crippen LogP contribution in [-0.4, -0.2) is 4.87 Å².